The van der Waals surface area contributed by atoms with Crippen LogP contribution in [-0.4, -0.2) is 25.8 Å². The highest BCUT2D eigenvalue weighted by Gasteiger charge is 2.27. The second kappa shape index (κ2) is 4.97. The quantitative estimate of drug-likeness (QED) is 0.910. The molecule has 2 aromatic rings. The zero-order chi connectivity index (χ0) is 15.1. The molecule has 7 heteroatoms. The first kappa shape index (κ1) is 14.6. The van der Waals surface area contributed by atoms with Crippen LogP contribution in [-0.2, 0) is 5.41 Å². The molecule has 0 unspecified atom stereocenters. The molecule has 0 fully saturated rings. The maximum absolute atomic E-state index is 14.0. The Morgan fingerprint density at radius 2 is 2.05 bits per heavy atom. The van der Waals surface area contributed by atoms with Gasteiger partial charge in [0.25, 0.3) is 5.82 Å². The van der Waals surface area contributed by atoms with Crippen LogP contribution in [0.1, 0.15) is 37.2 Å². The minimum absolute atomic E-state index is 0.157. The third kappa shape index (κ3) is 2.72. The molecule has 1 heterocycles. The summed E-state index contributed by atoms with van der Waals surface area (Å²) in [5.74, 6) is -1.72. The largest absolute Gasteiger partial charge is 0.475 e. The predicted octanol–water partition coefficient (Wildman–Crippen LogP) is 3.16. The average molecular weight is 342 g/mol. The van der Waals surface area contributed by atoms with Gasteiger partial charge in [-0.2, -0.15) is 0 Å². The lowest BCUT2D eigenvalue weighted by Crippen LogP contribution is -2.19. The molecule has 2 rings (SSSR count). The van der Waals surface area contributed by atoms with Gasteiger partial charge >= 0.3 is 5.97 Å². The number of hydrogen-bond acceptors (Lipinski definition) is 3. The number of carboxylic acids is 1. The minimum atomic E-state index is -1.25. The molecule has 20 heavy (non-hydrogen) atoms. The van der Waals surface area contributed by atoms with Gasteiger partial charge in [-0.3, -0.25) is 0 Å². The number of benzene rings is 1. The van der Waals surface area contributed by atoms with Crippen LogP contribution in [0.4, 0.5) is 4.39 Å². The van der Waals surface area contributed by atoms with Crippen molar-refractivity contribution in [1.82, 2.24) is 14.8 Å². The van der Waals surface area contributed by atoms with Crippen molar-refractivity contribution in [1.29, 1.82) is 0 Å². The molecular formula is C13H13BrFN3O2. The zero-order valence-electron chi connectivity index (χ0n) is 11.2. The van der Waals surface area contributed by atoms with E-state index in [2.05, 4.69) is 26.0 Å². The van der Waals surface area contributed by atoms with E-state index in [1.165, 1.54) is 16.8 Å². The van der Waals surface area contributed by atoms with Gasteiger partial charge in [0.05, 0.1) is 0 Å². The van der Waals surface area contributed by atoms with Crippen molar-refractivity contribution in [3.63, 3.8) is 0 Å². The lowest BCUT2D eigenvalue weighted by Gasteiger charge is -2.18. The highest BCUT2D eigenvalue weighted by atomic mass is 79.9. The van der Waals surface area contributed by atoms with E-state index in [0.29, 0.717) is 10.3 Å². The van der Waals surface area contributed by atoms with E-state index < -0.39 is 17.2 Å². The molecule has 1 N–H and O–H groups in total. The number of carbonyl (C=O) groups is 1. The van der Waals surface area contributed by atoms with Gasteiger partial charge in [-0.25, -0.2) is 18.9 Å². The van der Waals surface area contributed by atoms with E-state index in [1.54, 1.807) is 6.07 Å². The predicted molar refractivity (Wildman–Crippen MR) is 74.7 cm³/mol. The molecule has 106 valence electrons. The van der Waals surface area contributed by atoms with E-state index in [-0.39, 0.29) is 11.5 Å². The fraction of sp³-hybridized carbons (Fsp3) is 0.308. The van der Waals surface area contributed by atoms with Crippen molar-refractivity contribution in [2.24, 2.45) is 0 Å². The summed E-state index contributed by atoms with van der Waals surface area (Å²) in [5, 5.41) is 12.9. The molecule has 0 saturated heterocycles. The van der Waals surface area contributed by atoms with E-state index in [0.717, 1.165) is 0 Å². The molecule has 0 atom stereocenters. The van der Waals surface area contributed by atoms with Crippen LogP contribution >= 0.6 is 15.9 Å². The highest BCUT2D eigenvalue weighted by molar-refractivity contribution is 9.10. The Kier molecular flexibility index (Phi) is 3.64. The van der Waals surface area contributed by atoms with Crippen molar-refractivity contribution in [2.45, 2.75) is 26.2 Å². The van der Waals surface area contributed by atoms with Crippen molar-refractivity contribution < 1.29 is 14.3 Å². The number of hydrogen-bond donors (Lipinski definition) is 1. The maximum atomic E-state index is 14.0. The SMILES string of the molecule is CC(C)(C)c1nc(C(=O)O)nn1-c1cc(Br)ccc1F. The van der Waals surface area contributed by atoms with Crippen molar-refractivity contribution in [3.8, 4) is 5.69 Å². The van der Waals surface area contributed by atoms with Crippen molar-refractivity contribution in [2.75, 3.05) is 0 Å². The van der Waals surface area contributed by atoms with E-state index in [9.17, 15) is 9.18 Å². The second-order valence-corrected chi connectivity index (χ2v) is 6.24. The number of rotatable bonds is 2. The lowest BCUT2D eigenvalue weighted by molar-refractivity contribution is 0.0683. The number of nitrogens with zero attached hydrogens (tertiary/aromatic N) is 3. The first-order valence-corrected chi connectivity index (χ1v) is 6.65. The van der Waals surface area contributed by atoms with Gasteiger partial charge in [0.1, 0.15) is 17.3 Å². The van der Waals surface area contributed by atoms with Gasteiger partial charge in [0.15, 0.2) is 0 Å². The molecule has 1 aromatic heterocycles. The number of aromatic carboxylic acids is 1. The fourth-order valence-electron chi connectivity index (χ4n) is 1.70. The van der Waals surface area contributed by atoms with Crippen LogP contribution in [0.5, 0.6) is 0 Å². The third-order valence-electron chi connectivity index (χ3n) is 2.61. The highest BCUT2D eigenvalue weighted by Crippen LogP contribution is 2.26. The smallest absolute Gasteiger partial charge is 0.375 e. The summed E-state index contributed by atoms with van der Waals surface area (Å²) in [6.07, 6.45) is 0. The monoisotopic (exact) mass is 341 g/mol. The molecule has 0 amide bonds. The van der Waals surface area contributed by atoms with E-state index in [1.807, 2.05) is 20.8 Å². The molecule has 1 aromatic carbocycles. The molecular weight excluding hydrogens is 329 g/mol. The van der Waals surface area contributed by atoms with Gasteiger partial charge in [0, 0.05) is 9.89 Å². The van der Waals surface area contributed by atoms with Crippen LogP contribution in [0.15, 0.2) is 22.7 Å². The Hall–Kier alpha value is -1.76. The van der Waals surface area contributed by atoms with Gasteiger partial charge < -0.3 is 5.11 Å². The summed E-state index contributed by atoms with van der Waals surface area (Å²) in [6.45, 7) is 5.57. The van der Waals surface area contributed by atoms with Gasteiger partial charge in [-0.15, -0.1) is 5.10 Å². The summed E-state index contributed by atoms with van der Waals surface area (Å²) >= 11 is 3.26. The summed E-state index contributed by atoms with van der Waals surface area (Å²) in [5.41, 5.74) is -0.320. The first-order valence-electron chi connectivity index (χ1n) is 5.86. The molecule has 5 nitrogen and oxygen atoms in total. The second-order valence-electron chi connectivity index (χ2n) is 5.32. The van der Waals surface area contributed by atoms with E-state index >= 15 is 0 Å². The molecule has 0 aliphatic heterocycles. The summed E-state index contributed by atoms with van der Waals surface area (Å²) in [6, 6.07) is 4.38. The van der Waals surface area contributed by atoms with Gasteiger partial charge in [0.2, 0.25) is 0 Å². The van der Waals surface area contributed by atoms with Crippen LogP contribution in [0.3, 0.4) is 0 Å². The van der Waals surface area contributed by atoms with Gasteiger partial charge in [-0.05, 0) is 18.2 Å². The minimum Gasteiger partial charge on any atom is -0.475 e. The molecule has 0 radical (unpaired) electrons. The summed E-state index contributed by atoms with van der Waals surface area (Å²) in [4.78, 5) is 15.0. The number of aromatic nitrogens is 3. The molecule has 0 spiro atoms. The Balaban J connectivity index is 2.72. The van der Waals surface area contributed by atoms with Crippen LogP contribution in [0.2, 0.25) is 0 Å². The normalized spacial score (nSPS) is 11.7. The molecule has 0 saturated carbocycles. The Bertz CT molecular complexity index is 677. The van der Waals surface area contributed by atoms with Crippen molar-refractivity contribution in [3.05, 3.63) is 40.1 Å². The topological polar surface area (TPSA) is 68.0 Å². The van der Waals surface area contributed by atoms with E-state index in [4.69, 9.17) is 5.11 Å². The first-order chi connectivity index (χ1) is 9.20. The average Bonchev–Trinajstić information content (AvgIpc) is 2.77. The Morgan fingerprint density at radius 3 is 2.60 bits per heavy atom. The summed E-state index contributed by atoms with van der Waals surface area (Å²) < 4.78 is 15.9. The molecule has 0 bridgehead atoms. The third-order valence-corrected chi connectivity index (χ3v) is 3.10. The van der Waals surface area contributed by atoms with Crippen LogP contribution < -0.4 is 0 Å². The molecule has 0 aliphatic rings. The fourth-order valence-corrected chi connectivity index (χ4v) is 2.05. The standard InChI is InChI=1S/C13H13BrFN3O2/c1-13(2,3)12-16-10(11(19)20)17-18(12)9-6-7(14)4-5-8(9)15/h4-6H,1-3H3,(H,19,20). The summed E-state index contributed by atoms with van der Waals surface area (Å²) in [7, 11) is 0. The Morgan fingerprint density at radius 1 is 1.40 bits per heavy atom. The zero-order valence-corrected chi connectivity index (χ0v) is 12.8. The Labute approximate surface area is 123 Å². The lowest BCUT2D eigenvalue weighted by atomic mass is 9.95. The van der Waals surface area contributed by atoms with Gasteiger partial charge in [-0.1, -0.05) is 36.7 Å². The van der Waals surface area contributed by atoms with Crippen LogP contribution in [0, 0.1) is 5.82 Å². The number of carboxylic acid groups (broad SMARTS) is 1. The molecule has 0 aliphatic carbocycles. The van der Waals surface area contributed by atoms with Crippen molar-refractivity contribution >= 4 is 21.9 Å². The maximum Gasteiger partial charge on any atom is 0.375 e. The number of halogens is 2. The van der Waals surface area contributed by atoms with Crippen LogP contribution in [0.25, 0.3) is 5.69 Å².